The molecule has 2 heterocycles. The van der Waals surface area contributed by atoms with Crippen molar-refractivity contribution in [2.75, 3.05) is 23.3 Å². The average Bonchev–Trinajstić information content (AvgIpc) is 2.74. The van der Waals surface area contributed by atoms with Crippen molar-refractivity contribution in [3.8, 4) is 0 Å². The first-order chi connectivity index (χ1) is 14.4. The Morgan fingerprint density at radius 2 is 1.90 bits per heavy atom. The number of nitro benzene ring substituents is 1. The second kappa shape index (κ2) is 8.06. The smallest absolute Gasteiger partial charge is 0.295 e. The summed E-state index contributed by atoms with van der Waals surface area (Å²) >= 11 is 0. The lowest BCUT2D eigenvalue weighted by Crippen LogP contribution is -2.38. The Labute approximate surface area is 172 Å². The van der Waals surface area contributed by atoms with Gasteiger partial charge in [0, 0.05) is 47.5 Å². The maximum atomic E-state index is 13.0. The van der Waals surface area contributed by atoms with Crippen LogP contribution in [0, 0.1) is 28.8 Å². The molecule has 1 saturated heterocycles. The van der Waals surface area contributed by atoms with Crippen LogP contribution in [0.4, 0.5) is 21.5 Å². The molecule has 0 radical (unpaired) electrons. The number of nitrogens with zero attached hydrogens (tertiary/aromatic N) is 3. The number of nitrogens with one attached hydrogen (secondary N) is 1. The predicted molar refractivity (Wildman–Crippen MR) is 113 cm³/mol. The number of pyridine rings is 1. The zero-order valence-electron chi connectivity index (χ0n) is 16.5. The molecule has 0 bridgehead atoms. The van der Waals surface area contributed by atoms with Gasteiger partial charge in [-0.15, -0.1) is 0 Å². The summed E-state index contributed by atoms with van der Waals surface area (Å²) in [5.41, 5.74) is 2.56. The van der Waals surface area contributed by atoms with Crippen molar-refractivity contribution in [3.63, 3.8) is 0 Å². The van der Waals surface area contributed by atoms with Gasteiger partial charge >= 0.3 is 0 Å². The van der Waals surface area contributed by atoms with Gasteiger partial charge in [0.05, 0.1) is 4.92 Å². The summed E-state index contributed by atoms with van der Waals surface area (Å²) in [6.45, 7) is 3.13. The number of piperidine rings is 1. The summed E-state index contributed by atoms with van der Waals surface area (Å²) in [7, 11) is 0. The van der Waals surface area contributed by atoms with E-state index in [1.54, 1.807) is 18.2 Å². The number of rotatable bonds is 4. The first kappa shape index (κ1) is 19.8. The molecule has 1 aliphatic rings. The number of amides is 1. The number of para-hydroxylation sites is 1. The summed E-state index contributed by atoms with van der Waals surface area (Å²) in [4.78, 5) is 30.1. The van der Waals surface area contributed by atoms with E-state index < -0.39 is 4.92 Å². The maximum absolute atomic E-state index is 13.0. The maximum Gasteiger partial charge on any atom is 0.295 e. The van der Waals surface area contributed by atoms with Crippen molar-refractivity contribution in [2.45, 2.75) is 19.8 Å². The lowest BCUT2D eigenvalue weighted by Gasteiger charge is -2.33. The van der Waals surface area contributed by atoms with Gasteiger partial charge < -0.3 is 10.2 Å². The molecule has 1 N–H and O–H groups in total. The number of halogens is 1. The number of carbonyl (C=O) groups is 1. The van der Waals surface area contributed by atoms with E-state index in [9.17, 15) is 19.3 Å². The zero-order valence-corrected chi connectivity index (χ0v) is 16.5. The average molecular weight is 408 g/mol. The molecule has 1 amide bonds. The van der Waals surface area contributed by atoms with E-state index in [4.69, 9.17) is 0 Å². The van der Waals surface area contributed by atoms with Gasteiger partial charge in [-0.05, 0) is 50.1 Å². The van der Waals surface area contributed by atoms with Crippen molar-refractivity contribution < 1.29 is 14.1 Å². The molecule has 8 heteroatoms. The zero-order chi connectivity index (χ0) is 21.3. The third-order valence-electron chi connectivity index (χ3n) is 5.44. The third kappa shape index (κ3) is 3.94. The molecule has 154 valence electrons. The molecule has 1 aliphatic heterocycles. The molecule has 3 aromatic rings. The fourth-order valence-electron chi connectivity index (χ4n) is 3.91. The number of aromatic nitrogens is 1. The minimum absolute atomic E-state index is 0.00832. The van der Waals surface area contributed by atoms with E-state index in [1.807, 2.05) is 19.1 Å². The van der Waals surface area contributed by atoms with Gasteiger partial charge in [-0.3, -0.25) is 14.9 Å². The Kier molecular flexibility index (Phi) is 5.31. The Bertz CT molecular complexity index is 1110. The normalized spacial score (nSPS) is 14.7. The van der Waals surface area contributed by atoms with Crippen LogP contribution >= 0.6 is 0 Å². The second-order valence-electron chi connectivity index (χ2n) is 7.47. The highest BCUT2D eigenvalue weighted by molar-refractivity contribution is 5.97. The monoisotopic (exact) mass is 408 g/mol. The summed E-state index contributed by atoms with van der Waals surface area (Å²) in [5, 5.41) is 15.0. The van der Waals surface area contributed by atoms with Crippen LogP contribution in [-0.4, -0.2) is 28.9 Å². The van der Waals surface area contributed by atoms with Crippen LogP contribution in [0.1, 0.15) is 18.5 Å². The van der Waals surface area contributed by atoms with E-state index >= 15 is 0 Å². The molecule has 4 rings (SSSR count). The minimum Gasteiger partial charge on any atom is -0.371 e. The number of hydrogen-bond donors (Lipinski definition) is 1. The van der Waals surface area contributed by atoms with Crippen molar-refractivity contribution in [3.05, 3.63) is 70.2 Å². The van der Waals surface area contributed by atoms with Gasteiger partial charge in [-0.2, -0.15) is 0 Å². The van der Waals surface area contributed by atoms with Crippen LogP contribution in [0.25, 0.3) is 10.9 Å². The van der Waals surface area contributed by atoms with Crippen LogP contribution in [0.3, 0.4) is 0 Å². The molecule has 30 heavy (non-hydrogen) atoms. The highest BCUT2D eigenvalue weighted by atomic mass is 19.1. The quantitative estimate of drug-likeness (QED) is 0.509. The number of aryl methyl sites for hydroxylation is 1. The van der Waals surface area contributed by atoms with Gasteiger partial charge in [0.2, 0.25) is 5.91 Å². The van der Waals surface area contributed by atoms with E-state index in [0.29, 0.717) is 42.8 Å². The van der Waals surface area contributed by atoms with E-state index in [0.717, 1.165) is 11.1 Å². The van der Waals surface area contributed by atoms with E-state index in [1.165, 1.54) is 18.2 Å². The molecule has 0 aliphatic carbocycles. The molecular formula is C22H21FN4O3. The molecule has 1 aromatic heterocycles. The molecule has 7 nitrogen and oxygen atoms in total. The van der Waals surface area contributed by atoms with Crippen LogP contribution in [0.15, 0.2) is 48.5 Å². The lowest BCUT2D eigenvalue weighted by atomic mass is 9.95. The van der Waals surface area contributed by atoms with Crippen molar-refractivity contribution in [1.82, 2.24) is 4.98 Å². The lowest BCUT2D eigenvalue weighted by molar-refractivity contribution is -0.383. The van der Waals surface area contributed by atoms with Gasteiger partial charge in [0.25, 0.3) is 5.69 Å². The summed E-state index contributed by atoms with van der Waals surface area (Å²) in [6.07, 6.45) is 1.32. The van der Waals surface area contributed by atoms with Gasteiger partial charge in [0.15, 0.2) is 5.52 Å². The molecule has 1 fully saturated rings. The van der Waals surface area contributed by atoms with Gasteiger partial charge in [0.1, 0.15) is 5.82 Å². The van der Waals surface area contributed by atoms with E-state index in [-0.39, 0.29) is 23.3 Å². The van der Waals surface area contributed by atoms with Crippen molar-refractivity contribution in [2.24, 2.45) is 5.92 Å². The SMILES string of the molecule is Cc1cc(N2CCC(C(=O)Nc3ccc(F)cc3)CC2)c2cccc([N+](=O)[O-])c2n1. The number of anilines is 2. The molecule has 2 aromatic carbocycles. The van der Waals surface area contributed by atoms with Crippen LogP contribution in [0.5, 0.6) is 0 Å². The standard InChI is InChI=1S/C22H21FN4O3/c1-14-13-20(18-3-2-4-19(27(29)30)21(18)24-14)26-11-9-15(10-12-26)22(28)25-17-7-5-16(23)6-8-17/h2-8,13,15H,9-12H2,1H3,(H,25,28). The summed E-state index contributed by atoms with van der Waals surface area (Å²) in [6, 6.07) is 12.6. The molecule has 0 unspecified atom stereocenters. The Balaban J connectivity index is 1.51. The van der Waals surface area contributed by atoms with Crippen LogP contribution in [0.2, 0.25) is 0 Å². The number of nitro groups is 1. The first-order valence-corrected chi connectivity index (χ1v) is 9.78. The topological polar surface area (TPSA) is 88.4 Å². The molecule has 0 atom stereocenters. The number of hydrogen-bond acceptors (Lipinski definition) is 5. The number of non-ortho nitro benzene ring substituents is 1. The molecular weight excluding hydrogens is 387 g/mol. The predicted octanol–water partition coefficient (Wildman–Crippen LogP) is 4.45. The Morgan fingerprint density at radius 1 is 1.20 bits per heavy atom. The van der Waals surface area contributed by atoms with Crippen molar-refractivity contribution >= 4 is 33.9 Å². The van der Waals surface area contributed by atoms with Crippen molar-refractivity contribution in [1.29, 1.82) is 0 Å². The Morgan fingerprint density at radius 3 is 2.57 bits per heavy atom. The largest absolute Gasteiger partial charge is 0.371 e. The fourth-order valence-corrected chi connectivity index (χ4v) is 3.91. The fraction of sp³-hybridized carbons (Fsp3) is 0.273. The van der Waals surface area contributed by atoms with Crippen LogP contribution < -0.4 is 10.2 Å². The number of fused-ring (bicyclic) bond motifs is 1. The molecule has 0 saturated carbocycles. The second-order valence-corrected chi connectivity index (χ2v) is 7.47. The third-order valence-corrected chi connectivity index (χ3v) is 5.44. The summed E-state index contributed by atoms with van der Waals surface area (Å²) < 4.78 is 13.0. The number of benzene rings is 2. The highest BCUT2D eigenvalue weighted by Crippen LogP contribution is 2.34. The Hall–Kier alpha value is -3.55. The van der Waals surface area contributed by atoms with Gasteiger partial charge in [-0.1, -0.05) is 12.1 Å². The summed E-state index contributed by atoms with van der Waals surface area (Å²) in [5.74, 6) is -0.566. The highest BCUT2D eigenvalue weighted by Gasteiger charge is 2.27. The minimum atomic E-state index is -0.412. The van der Waals surface area contributed by atoms with E-state index in [2.05, 4.69) is 15.2 Å². The van der Waals surface area contributed by atoms with Crippen LogP contribution in [-0.2, 0) is 4.79 Å². The molecule has 0 spiro atoms. The van der Waals surface area contributed by atoms with Gasteiger partial charge in [-0.25, -0.2) is 9.37 Å². The number of carbonyl (C=O) groups excluding carboxylic acids is 1. The first-order valence-electron chi connectivity index (χ1n) is 9.78.